The predicted molar refractivity (Wildman–Crippen MR) is 166 cm³/mol. The maximum atomic E-state index is 12.9. The van der Waals surface area contributed by atoms with Gasteiger partial charge in [-0.2, -0.15) is 0 Å². The Bertz CT molecular complexity index is 1260. The molecule has 5 N–H and O–H groups in total. The fourth-order valence-electron chi connectivity index (χ4n) is 12.2. The van der Waals surface area contributed by atoms with Crippen molar-refractivity contribution in [2.75, 3.05) is 0 Å². The minimum absolute atomic E-state index is 0.0000841. The first kappa shape index (κ1) is 33.4. The van der Waals surface area contributed by atoms with E-state index in [2.05, 4.69) is 54.5 Å². The van der Waals surface area contributed by atoms with Crippen LogP contribution in [-0.4, -0.2) is 74.3 Å². The summed E-state index contributed by atoms with van der Waals surface area (Å²) in [5.74, 6) is -1.24. The van der Waals surface area contributed by atoms with Crippen LogP contribution in [0.5, 0.6) is 0 Å². The Morgan fingerprint density at radius 3 is 2.13 bits per heavy atom. The molecule has 0 spiro atoms. The highest BCUT2D eigenvalue weighted by Crippen LogP contribution is 2.76. The zero-order valence-electron chi connectivity index (χ0n) is 28.2. The molecule has 6 rings (SSSR count). The number of allylic oxidation sites excluding steroid dienone is 2. The largest absolute Gasteiger partial charge is 0.481 e. The monoisotopic (exact) mass is 632 g/mol. The molecule has 0 aromatic heterocycles. The zero-order chi connectivity index (χ0) is 33.1. The van der Waals surface area contributed by atoms with E-state index in [9.17, 15) is 35.1 Å². The number of hydrogen-bond donors (Lipinski definition) is 5. The molecule has 13 atom stereocenters. The number of ether oxygens (including phenoxy) is 2. The fraction of sp³-hybridized carbons (Fsp3) is 0.889. The Morgan fingerprint density at radius 1 is 0.822 bits per heavy atom. The lowest BCUT2D eigenvalue weighted by Gasteiger charge is -2.71. The van der Waals surface area contributed by atoms with Gasteiger partial charge in [0.15, 0.2) is 12.4 Å². The molecule has 0 bridgehead atoms. The summed E-state index contributed by atoms with van der Waals surface area (Å²) in [7, 11) is 0. The van der Waals surface area contributed by atoms with Crippen LogP contribution in [-0.2, 0) is 19.1 Å². The number of fused-ring (bicyclic) bond motifs is 7. The van der Waals surface area contributed by atoms with Crippen molar-refractivity contribution in [2.45, 2.75) is 149 Å². The van der Waals surface area contributed by atoms with Crippen molar-refractivity contribution in [3.63, 3.8) is 0 Å². The van der Waals surface area contributed by atoms with Crippen LogP contribution >= 0.6 is 0 Å². The second kappa shape index (κ2) is 10.5. The lowest BCUT2D eigenvalue weighted by molar-refractivity contribution is -0.324. The molecule has 45 heavy (non-hydrogen) atoms. The molecule has 6 aliphatic rings. The predicted octanol–water partition coefficient (Wildman–Crippen LogP) is 5.15. The first-order chi connectivity index (χ1) is 20.7. The van der Waals surface area contributed by atoms with Crippen molar-refractivity contribution < 1.29 is 44.6 Å². The summed E-state index contributed by atoms with van der Waals surface area (Å²) in [6, 6.07) is 0. The van der Waals surface area contributed by atoms with E-state index in [0.717, 1.165) is 57.8 Å². The number of aliphatic hydroxyl groups is 3. The van der Waals surface area contributed by atoms with E-state index in [0.29, 0.717) is 18.3 Å². The Labute approximate surface area is 267 Å². The average Bonchev–Trinajstić information content (AvgIpc) is 2.94. The highest BCUT2D eigenvalue weighted by molar-refractivity contribution is 5.76. The first-order valence-corrected chi connectivity index (χ1v) is 17.3. The van der Waals surface area contributed by atoms with Crippen LogP contribution in [0.1, 0.15) is 113 Å². The molecule has 5 aliphatic carbocycles. The minimum atomic E-state index is -1.75. The van der Waals surface area contributed by atoms with Gasteiger partial charge in [-0.3, -0.25) is 4.79 Å². The van der Waals surface area contributed by atoms with E-state index in [4.69, 9.17) is 9.47 Å². The molecule has 4 saturated carbocycles. The molecule has 1 aliphatic heterocycles. The third kappa shape index (κ3) is 4.57. The van der Waals surface area contributed by atoms with Crippen molar-refractivity contribution in [3.8, 4) is 0 Å². The summed E-state index contributed by atoms with van der Waals surface area (Å²) in [6.07, 6.45) is 2.94. The van der Waals surface area contributed by atoms with E-state index in [1.54, 1.807) is 0 Å². The van der Waals surface area contributed by atoms with E-state index < -0.39 is 48.1 Å². The van der Waals surface area contributed by atoms with Gasteiger partial charge in [-0.1, -0.05) is 60.1 Å². The van der Waals surface area contributed by atoms with Crippen molar-refractivity contribution >= 4 is 11.9 Å². The number of carboxylic acid groups (broad SMARTS) is 2. The smallest absolute Gasteiger partial charge is 0.335 e. The Balaban J connectivity index is 1.29. The maximum absolute atomic E-state index is 12.9. The summed E-state index contributed by atoms with van der Waals surface area (Å²) in [5.41, 5.74) is 0.508. The van der Waals surface area contributed by atoms with E-state index in [1.165, 1.54) is 5.57 Å². The standard InChI is InChI=1S/C36H56O9/c1-31(2)14-16-36(30(42)43)17-15-34(6)19(20(36)18-31)8-9-22-33(5)12-11-23(32(3,4)21(33)10-13-35(22,34)7)44-29-26(39)24(37)25(38)27(45-29)28(40)41/h8,20-27,29,37-39H,9-18H2,1-7H3,(H,40,41)(H,42,43)/t20-,21+,22+,23+,24+,25+,26-,27+,29-,33+,34-,35-,36+/m1/s1. The van der Waals surface area contributed by atoms with Crippen molar-refractivity contribution in [2.24, 2.45) is 50.2 Å². The summed E-state index contributed by atoms with van der Waals surface area (Å²) in [6.45, 7) is 16.4. The van der Waals surface area contributed by atoms with Crippen LogP contribution < -0.4 is 0 Å². The fourth-order valence-corrected chi connectivity index (χ4v) is 12.2. The summed E-state index contributed by atoms with van der Waals surface area (Å²) < 4.78 is 11.9. The van der Waals surface area contributed by atoms with Gasteiger partial charge in [0.1, 0.15) is 18.3 Å². The second-order valence-electron chi connectivity index (χ2n) is 17.9. The normalized spacial score (nSPS) is 51.9. The molecule has 5 fully saturated rings. The zero-order valence-corrected chi connectivity index (χ0v) is 28.2. The molecule has 9 nitrogen and oxygen atoms in total. The SMILES string of the molecule is CC1(C)CC[C@]2(C(=O)O)CC[C@]3(C)C(=CC[C@H]4[C@@]5(C)CC[C@H](O[C@@H]6O[C@H](C(=O)O)[C@@H](O)[C@H](O)[C@H]6O)C(C)(C)[C@@H]5CC[C@]43C)[C@H]2C1. The molecular weight excluding hydrogens is 576 g/mol. The van der Waals surface area contributed by atoms with Crippen LogP contribution in [0.2, 0.25) is 0 Å². The van der Waals surface area contributed by atoms with Crippen LogP contribution in [0.25, 0.3) is 0 Å². The summed E-state index contributed by atoms with van der Waals surface area (Å²) in [5, 5.41) is 51.4. The Hall–Kier alpha value is -1.52. The van der Waals surface area contributed by atoms with Crippen LogP contribution in [0.4, 0.5) is 0 Å². The number of rotatable bonds is 4. The molecule has 0 unspecified atom stereocenters. The Kier molecular flexibility index (Phi) is 7.78. The van der Waals surface area contributed by atoms with Gasteiger partial charge in [0.25, 0.3) is 0 Å². The molecule has 1 saturated heterocycles. The van der Waals surface area contributed by atoms with E-state index >= 15 is 0 Å². The molecule has 0 aromatic carbocycles. The van der Waals surface area contributed by atoms with Gasteiger partial charge in [-0.15, -0.1) is 0 Å². The summed E-state index contributed by atoms with van der Waals surface area (Å²) >= 11 is 0. The van der Waals surface area contributed by atoms with Gasteiger partial charge in [0.2, 0.25) is 0 Å². The highest BCUT2D eigenvalue weighted by atomic mass is 16.7. The van der Waals surface area contributed by atoms with Gasteiger partial charge >= 0.3 is 11.9 Å². The van der Waals surface area contributed by atoms with E-state index in [-0.39, 0.29) is 39.1 Å². The third-order valence-corrected chi connectivity index (χ3v) is 15.1. The third-order valence-electron chi connectivity index (χ3n) is 15.1. The number of carbonyl (C=O) groups is 2. The first-order valence-electron chi connectivity index (χ1n) is 17.3. The lowest BCUT2D eigenvalue weighted by atomic mass is 9.33. The van der Waals surface area contributed by atoms with Gasteiger partial charge in [0, 0.05) is 0 Å². The quantitative estimate of drug-likeness (QED) is 0.209. The van der Waals surface area contributed by atoms with Gasteiger partial charge in [-0.05, 0) is 109 Å². The van der Waals surface area contributed by atoms with Crippen LogP contribution in [0.3, 0.4) is 0 Å². The lowest BCUT2D eigenvalue weighted by Crippen LogP contribution is -2.66. The molecule has 9 heteroatoms. The Morgan fingerprint density at radius 2 is 1.49 bits per heavy atom. The number of carboxylic acids is 2. The maximum Gasteiger partial charge on any atom is 0.335 e. The molecule has 0 aromatic rings. The highest BCUT2D eigenvalue weighted by Gasteiger charge is 2.69. The molecular formula is C36H56O9. The van der Waals surface area contributed by atoms with Crippen LogP contribution in [0, 0.1) is 50.2 Å². The molecule has 0 radical (unpaired) electrons. The topological polar surface area (TPSA) is 154 Å². The van der Waals surface area contributed by atoms with Crippen molar-refractivity contribution in [1.82, 2.24) is 0 Å². The number of hydrogen-bond acceptors (Lipinski definition) is 7. The van der Waals surface area contributed by atoms with Gasteiger partial charge in [-0.25, -0.2) is 4.79 Å². The summed E-state index contributed by atoms with van der Waals surface area (Å²) in [4.78, 5) is 24.6. The van der Waals surface area contributed by atoms with Crippen molar-refractivity contribution in [3.05, 3.63) is 11.6 Å². The molecule has 0 amide bonds. The van der Waals surface area contributed by atoms with Gasteiger partial charge in [0.05, 0.1) is 11.5 Å². The second-order valence-corrected chi connectivity index (χ2v) is 17.9. The molecule has 254 valence electrons. The number of aliphatic hydroxyl groups excluding tert-OH is 3. The van der Waals surface area contributed by atoms with Crippen molar-refractivity contribution in [1.29, 1.82) is 0 Å². The molecule has 1 heterocycles. The number of aliphatic carboxylic acids is 2. The van der Waals surface area contributed by atoms with E-state index in [1.807, 2.05) is 0 Å². The average molecular weight is 633 g/mol. The van der Waals surface area contributed by atoms with Gasteiger partial charge < -0.3 is 35.0 Å². The minimum Gasteiger partial charge on any atom is -0.481 e. The van der Waals surface area contributed by atoms with Crippen LogP contribution in [0.15, 0.2) is 11.6 Å².